The molecular formula is C21H18ClF3N4O2. The highest BCUT2D eigenvalue weighted by Gasteiger charge is 2.31. The first-order chi connectivity index (χ1) is 14.8. The Morgan fingerprint density at radius 3 is 2.48 bits per heavy atom. The second kappa shape index (κ2) is 8.22. The SMILES string of the molecule is COc1ccc(C2CCN(c3cnn(-c4ccc(C(F)(F)F)cn4)c(=O)c3Cl)C2)cc1. The van der Waals surface area contributed by atoms with Crippen molar-refractivity contribution in [3.8, 4) is 11.6 Å². The van der Waals surface area contributed by atoms with E-state index >= 15 is 0 Å². The van der Waals surface area contributed by atoms with Crippen molar-refractivity contribution in [1.82, 2.24) is 14.8 Å². The van der Waals surface area contributed by atoms with E-state index in [0.29, 0.717) is 25.0 Å². The Hall–Kier alpha value is -3.07. The molecule has 1 aromatic carbocycles. The van der Waals surface area contributed by atoms with Gasteiger partial charge >= 0.3 is 6.18 Å². The number of halogens is 4. The van der Waals surface area contributed by atoms with Crippen LogP contribution in [-0.4, -0.2) is 35.0 Å². The van der Waals surface area contributed by atoms with Crippen LogP contribution < -0.4 is 15.2 Å². The lowest BCUT2D eigenvalue weighted by molar-refractivity contribution is -0.137. The van der Waals surface area contributed by atoms with Crippen LogP contribution in [0.2, 0.25) is 5.02 Å². The van der Waals surface area contributed by atoms with Crippen LogP contribution in [0.1, 0.15) is 23.5 Å². The molecule has 1 unspecified atom stereocenters. The van der Waals surface area contributed by atoms with Crippen molar-refractivity contribution in [3.05, 3.63) is 75.3 Å². The summed E-state index contributed by atoms with van der Waals surface area (Å²) >= 11 is 6.33. The third kappa shape index (κ3) is 4.23. The summed E-state index contributed by atoms with van der Waals surface area (Å²) in [6.45, 7) is 1.36. The molecule has 162 valence electrons. The summed E-state index contributed by atoms with van der Waals surface area (Å²) in [5, 5.41) is 4.03. The molecule has 1 saturated heterocycles. The van der Waals surface area contributed by atoms with Crippen molar-refractivity contribution >= 4 is 17.3 Å². The number of benzene rings is 1. The summed E-state index contributed by atoms with van der Waals surface area (Å²) in [7, 11) is 1.61. The first kappa shape index (κ1) is 21.2. The molecular weight excluding hydrogens is 433 g/mol. The van der Waals surface area contributed by atoms with Crippen molar-refractivity contribution in [1.29, 1.82) is 0 Å². The molecule has 3 heterocycles. The van der Waals surface area contributed by atoms with Crippen LogP contribution in [0.15, 0.2) is 53.6 Å². The lowest BCUT2D eigenvalue weighted by Crippen LogP contribution is -2.27. The zero-order chi connectivity index (χ0) is 22.2. The second-order valence-corrected chi connectivity index (χ2v) is 7.55. The predicted octanol–water partition coefficient (Wildman–Crippen LogP) is 4.30. The molecule has 0 spiro atoms. The molecule has 1 fully saturated rings. The molecule has 1 atom stereocenters. The van der Waals surface area contributed by atoms with E-state index in [2.05, 4.69) is 10.1 Å². The fourth-order valence-corrected chi connectivity index (χ4v) is 3.86. The summed E-state index contributed by atoms with van der Waals surface area (Å²) < 4.78 is 44.3. The highest BCUT2D eigenvalue weighted by atomic mass is 35.5. The highest BCUT2D eigenvalue weighted by Crippen LogP contribution is 2.33. The number of methoxy groups -OCH3 is 1. The van der Waals surface area contributed by atoms with E-state index in [4.69, 9.17) is 16.3 Å². The van der Waals surface area contributed by atoms with Gasteiger partial charge in [-0.1, -0.05) is 23.7 Å². The number of pyridine rings is 1. The van der Waals surface area contributed by atoms with Gasteiger partial charge in [-0.2, -0.15) is 23.0 Å². The molecule has 31 heavy (non-hydrogen) atoms. The Morgan fingerprint density at radius 2 is 1.87 bits per heavy atom. The Bertz CT molecular complexity index is 1130. The van der Waals surface area contributed by atoms with Gasteiger partial charge in [0.1, 0.15) is 10.8 Å². The zero-order valence-electron chi connectivity index (χ0n) is 16.4. The van der Waals surface area contributed by atoms with Crippen molar-refractivity contribution in [2.24, 2.45) is 0 Å². The molecule has 0 saturated carbocycles. The van der Waals surface area contributed by atoms with Crippen molar-refractivity contribution < 1.29 is 17.9 Å². The van der Waals surface area contributed by atoms with Gasteiger partial charge in [-0.05, 0) is 36.2 Å². The van der Waals surface area contributed by atoms with Gasteiger partial charge in [0.15, 0.2) is 5.82 Å². The number of anilines is 1. The largest absolute Gasteiger partial charge is 0.497 e. The molecule has 0 radical (unpaired) electrons. The number of hydrogen-bond acceptors (Lipinski definition) is 5. The number of nitrogens with zero attached hydrogens (tertiary/aromatic N) is 4. The van der Waals surface area contributed by atoms with Gasteiger partial charge in [-0.3, -0.25) is 4.79 Å². The van der Waals surface area contributed by atoms with Crippen molar-refractivity contribution in [2.75, 3.05) is 25.1 Å². The summed E-state index contributed by atoms with van der Waals surface area (Å²) in [5.74, 6) is 1.01. The van der Waals surface area contributed by atoms with Crippen molar-refractivity contribution in [2.45, 2.75) is 18.5 Å². The van der Waals surface area contributed by atoms with Gasteiger partial charge < -0.3 is 9.64 Å². The normalized spacial score (nSPS) is 16.5. The minimum Gasteiger partial charge on any atom is -0.497 e. The smallest absolute Gasteiger partial charge is 0.417 e. The third-order valence-electron chi connectivity index (χ3n) is 5.31. The number of alkyl halides is 3. The molecule has 0 bridgehead atoms. The van der Waals surface area contributed by atoms with Crippen LogP contribution in [-0.2, 0) is 6.18 Å². The zero-order valence-corrected chi connectivity index (χ0v) is 17.2. The Kier molecular flexibility index (Phi) is 5.62. The molecule has 0 amide bonds. The second-order valence-electron chi connectivity index (χ2n) is 7.17. The summed E-state index contributed by atoms with van der Waals surface area (Å²) in [5.41, 5.74) is 0.105. The average molecular weight is 451 g/mol. The molecule has 2 aromatic heterocycles. The monoisotopic (exact) mass is 450 g/mol. The van der Waals surface area contributed by atoms with Gasteiger partial charge in [0.25, 0.3) is 5.56 Å². The van der Waals surface area contributed by atoms with Gasteiger partial charge in [-0.15, -0.1) is 0 Å². The van der Waals surface area contributed by atoms with E-state index < -0.39 is 17.3 Å². The number of rotatable bonds is 4. The highest BCUT2D eigenvalue weighted by molar-refractivity contribution is 6.33. The first-order valence-corrected chi connectivity index (χ1v) is 9.86. The van der Waals surface area contributed by atoms with Gasteiger partial charge in [0, 0.05) is 25.2 Å². The summed E-state index contributed by atoms with van der Waals surface area (Å²) in [6.07, 6.45) is -1.53. The molecule has 3 aromatic rings. The molecule has 4 rings (SSSR count). The predicted molar refractivity (Wildman–Crippen MR) is 110 cm³/mol. The van der Waals surface area contributed by atoms with Crippen LogP contribution in [0.5, 0.6) is 5.75 Å². The topological polar surface area (TPSA) is 60.2 Å². The molecule has 1 aliphatic rings. The minimum atomic E-state index is -4.51. The Labute approximate surface area is 180 Å². The molecule has 0 N–H and O–H groups in total. The van der Waals surface area contributed by atoms with Crippen LogP contribution in [0, 0.1) is 0 Å². The van der Waals surface area contributed by atoms with E-state index in [0.717, 1.165) is 34.5 Å². The van der Waals surface area contributed by atoms with Gasteiger partial charge in [-0.25, -0.2) is 4.98 Å². The summed E-state index contributed by atoms with van der Waals surface area (Å²) in [6, 6.07) is 9.78. The standard InChI is InChI=1S/C21H18ClF3N4O2/c1-31-16-5-2-13(3-6-16)14-8-9-28(12-14)17-11-27-29(20(30)19(17)22)18-7-4-15(10-26-18)21(23,24)25/h2-7,10-11,14H,8-9,12H2,1H3. The first-order valence-electron chi connectivity index (χ1n) is 9.48. The van der Waals surface area contributed by atoms with Crippen LogP contribution in [0.3, 0.4) is 0 Å². The summed E-state index contributed by atoms with van der Waals surface area (Å²) in [4.78, 5) is 18.4. The van der Waals surface area contributed by atoms with E-state index in [1.54, 1.807) is 7.11 Å². The van der Waals surface area contributed by atoms with Crippen LogP contribution in [0.4, 0.5) is 18.9 Å². The maximum atomic E-state index is 12.7. The molecule has 10 heteroatoms. The van der Waals surface area contributed by atoms with E-state index in [1.165, 1.54) is 6.20 Å². The van der Waals surface area contributed by atoms with E-state index in [-0.39, 0.29) is 16.8 Å². The van der Waals surface area contributed by atoms with Crippen LogP contribution in [0.25, 0.3) is 5.82 Å². The lowest BCUT2D eigenvalue weighted by Gasteiger charge is -2.20. The van der Waals surface area contributed by atoms with Crippen molar-refractivity contribution in [3.63, 3.8) is 0 Å². The third-order valence-corrected chi connectivity index (χ3v) is 5.66. The molecule has 6 nitrogen and oxygen atoms in total. The lowest BCUT2D eigenvalue weighted by atomic mass is 9.98. The minimum absolute atomic E-state index is 0.0380. The quantitative estimate of drug-likeness (QED) is 0.593. The Morgan fingerprint density at radius 1 is 1.13 bits per heavy atom. The van der Waals surface area contributed by atoms with E-state index in [9.17, 15) is 18.0 Å². The number of aromatic nitrogens is 3. The molecule has 0 aliphatic carbocycles. The number of hydrogen-bond donors (Lipinski definition) is 0. The number of ether oxygens (including phenoxy) is 1. The fraction of sp³-hybridized carbons (Fsp3) is 0.286. The maximum absolute atomic E-state index is 12.7. The van der Waals surface area contributed by atoms with Crippen LogP contribution >= 0.6 is 11.6 Å². The maximum Gasteiger partial charge on any atom is 0.417 e. The average Bonchev–Trinajstić information content (AvgIpc) is 3.25. The van der Waals surface area contributed by atoms with E-state index in [1.807, 2.05) is 29.2 Å². The van der Waals surface area contributed by atoms with Gasteiger partial charge in [0.05, 0.1) is 24.6 Å². The fourth-order valence-electron chi connectivity index (χ4n) is 3.61. The Balaban J connectivity index is 1.55. The van der Waals surface area contributed by atoms with Gasteiger partial charge in [0.2, 0.25) is 0 Å². The molecule has 1 aliphatic heterocycles.